The zero-order valence-electron chi connectivity index (χ0n) is 12.5. The predicted octanol–water partition coefficient (Wildman–Crippen LogP) is 2.76. The Bertz CT molecular complexity index is 931. The van der Waals surface area contributed by atoms with Crippen molar-refractivity contribution in [2.24, 2.45) is 0 Å². The van der Waals surface area contributed by atoms with E-state index in [1.54, 1.807) is 0 Å². The summed E-state index contributed by atoms with van der Waals surface area (Å²) in [5.74, 6) is 0. The molecule has 0 aliphatic heterocycles. The third-order valence-electron chi connectivity index (χ3n) is 3.36. The SMILES string of the molecule is O=[N+]([O-])c1ccc(Cc2ccccc2Sc2nn[nH]n2)c([N+](=O)[O-])c1. The molecular formula is C14H10N6O4S. The number of nitrogens with zero attached hydrogens (tertiary/aromatic N) is 5. The molecule has 0 aliphatic rings. The van der Waals surface area contributed by atoms with Gasteiger partial charge < -0.3 is 0 Å². The fourth-order valence-electron chi connectivity index (χ4n) is 2.23. The monoisotopic (exact) mass is 358 g/mol. The average molecular weight is 358 g/mol. The van der Waals surface area contributed by atoms with Crippen LogP contribution < -0.4 is 0 Å². The summed E-state index contributed by atoms with van der Waals surface area (Å²) in [4.78, 5) is 21.7. The minimum absolute atomic E-state index is 0.245. The molecule has 1 heterocycles. The quantitative estimate of drug-likeness (QED) is 0.524. The fraction of sp³-hybridized carbons (Fsp3) is 0.0714. The Kier molecular flexibility index (Phi) is 4.66. The summed E-state index contributed by atoms with van der Waals surface area (Å²) in [5.41, 5.74) is 0.601. The molecule has 25 heavy (non-hydrogen) atoms. The zero-order valence-corrected chi connectivity index (χ0v) is 13.3. The smallest absolute Gasteiger partial charge is 0.258 e. The first-order chi connectivity index (χ1) is 12.0. The van der Waals surface area contributed by atoms with Crippen molar-refractivity contribution in [1.29, 1.82) is 0 Å². The number of rotatable bonds is 6. The number of hydrogen-bond acceptors (Lipinski definition) is 8. The van der Waals surface area contributed by atoms with Crippen molar-refractivity contribution in [2.75, 3.05) is 0 Å². The third-order valence-corrected chi connectivity index (χ3v) is 4.33. The molecule has 126 valence electrons. The van der Waals surface area contributed by atoms with E-state index in [2.05, 4.69) is 20.6 Å². The van der Waals surface area contributed by atoms with Gasteiger partial charge in [-0.1, -0.05) is 18.2 Å². The molecule has 0 fully saturated rings. The lowest BCUT2D eigenvalue weighted by atomic mass is 10.0. The van der Waals surface area contributed by atoms with Gasteiger partial charge in [-0.05, 0) is 34.7 Å². The van der Waals surface area contributed by atoms with Gasteiger partial charge in [0.15, 0.2) is 0 Å². The summed E-state index contributed by atoms with van der Waals surface area (Å²) < 4.78 is 0. The topological polar surface area (TPSA) is 141 Å². The van der Waals surface area contributed by atoms with Crippen molar-refractivity contribution in [1.82, 2.24) is 20.6 Å². The van der Waals surface area contributed by atoms with Gasteiger partial charge in [-0.15, -0.1) is 10.2 Å². The molecule has 0 amide bonds. The van der Waals surface area contributed by atoms with Crippen LogP contribution in [0.1, 0.15) is 11.1 Å². The van der Waals surface area contributed by atoms with E-state index in [1.165, 1.54) is 23.9 Å². The standard InChI is InChI=1S/C14H10N6O4S/c21-19(22)11-6-5-9(12(8-11)20(23)24)7-10-3-1-2-4-13(10)25-14-15-17-18-16-14/h1-6,8H,7H2,(H,15,16,17,18). The lowest BCUT2D eigenvalue weighted by Gasteiger charge is -2.08. The summed E-state index contributed by atoms with van der Waals surface area (Å²) in [6, 6.07) is 11.0. The van der Waals surface area contributed by atoms with Gasteiger partial charge in [-0.25, -0.2) is 0 Å². The highest BCUT2D eigenvalue weighted by Crippen LogP contribution is 2.32. The Morgan fingerprint density at radius 1 is 1.04 bits per heavy atom. The maximum atomic E-state index is 11.3. The summed E-state index contributed by atoms with van der Waals surface area (Å²) >= 11 is 1.27. The van der Waals surface area contributed by atoms with Gasteiger partial charge in [-0.3, -0.25) is 20.2 Å². The van der Waals surface area contributed by atoms with Gasteiger partial charge >= 0.3 is 0 Å². The van der Waals surface area contributed by atoms with Gasteiger partial charge in [-0.2, -0.15) is 5.21 Å². The van der Waals surface area contributed by atoms with E-state index in [-0.39, 0.29) is 17.8 Å². The predicted molar refractivity (Wildman–Crippen MR) is 87.3 cm³/mol. The van der Waals surface area contributed by atoms with Crippen molar-refractivity contribution in [2.45, 2.75) is 16.5 Å². The minimum Gasteiger partial charge on any atom is -0.258 e. The molecule has 0 radical (unpaired) electrons. The number of hydrogen-bond donors (Lipinski definition) is 1. The summed E-state index contributed by atoms with van der Waals surface area (Å²) in [6.45, 7) is 0. The van der Waals surface area contributed by atoms with E-state index < -0.39 is 9.85 Å². The number of nitro groups is 2. The fourth-order valence-corrected chi connectivity index (χ4v) is 3.02. The second-order valence-electron chi connectivity index (χ2n) is 4.91. The van der Waals surface area contributed by atoms with E-state index in [9.17, 15) is 20.2 Å². The number of nitrogens with one attached hydrogen (secondary N) is 1. The number of H-pyrrole nitrogens is 1. The zero-order chi connectivity index (χ0) is 17.8. The first kappa shape index (κ1) is 16.5. The molecule has 1 N–H and O–H groups in total. The highest BCUT2D eigenvalue weighted by Gasteiger charge is 2.20. The van der Waals surface area contributed by atoms with Crippen LogP contribution in [-0.2, 0) is 6.42 Å². The Labute approximate surface area is 144 Å². The molecule has 0 bridgehead atoms. The van der Waals surface area contributed by atoms with Gasteiger partial charge in [0.25, 0.3) is 11.4 Å². The molecule has 0 unspecified atom stereocenters. The normalized spacial score (nSPS) is 10.6. The number of aromatic nitrogens is 4. The van der Waals surface area contributed by atoms with Crippen LogP contribution in [0.2, 0.25) is 0 Å². The van der Waals surface area contributed by atoms with Crippen molar-refractivity contribution < 1.29 is 9.85 Å². The number of aromatic amines is 1. The van der Waals surface area contributed by atoms with E-state index in [0.717, 1.165) is 16.5 Å². The molecule has 1 aromatic heterocycles. The van der Waals surface area contributed by atoms with Gasteiger partial charge in [0.1, 0.15) is 0 Å². The van der Waals surface area contributed by atoms with Gasteiger partial charge in [0, 0.05) is 22.9 Å². The molecule has 0 saturated heterocycles. The van der Waals surface area contributed by atoms with E-state index in [0.29, 0.717) is 10.7 Å². The minimum atomic E-state index is -0.656. The molecule has 2 aromatic carbocycles. The van der Waals surface area contributed by atoms with E-state index >= 15 is 0 Å². The highest BCUT2D eigenvalue weighted by molar-refractivity contribution is 7.99. The van der Waals surface area contributed by atoms with Crippen molar-refractivity contribution in [3.05, 3.63) is 73.8 Å². The van der Waals surface area contributed by atoms with Crippen LogP contribution in [0.5, 0.6) is 0 Å². The Hall–Kier alpha value is -3.34. The molecule has 10 nitrogen and oxygen atoms in total. The average Bonchev–Trinajstić information content (AvgIpc) is 3.09. The van der Waals surface area contributed by atoms with Crippen molar-refractivity contribution in [3.8, 4) is 0 Å². The number of non-ortho nitro benzene ring substituents is 1. The number of tetrazole rings is 1. The summed E-state index contributed by atoms with van der Waals surface area (Å²) in [7, 11) is 0. The maximum Gasteiger partial charge on any atom is 0.279 e. The van der Waals surface area contributed by atoms with Gasteiger partial charge in [0.2, 0.25) is 5.16 Å². The van der Waals surface area contributed by atoms with Crippen molar-refractivity contribution in [3.63, 3.8) is 0 Å². The van der Waals surface area contributed by atoms with Crippen LogP contribution in [-0.4, -0.2) is 30.5 Å². The van der Waals surface area contributed by atoms with Gasteiger partial charge in [0.05, 0.1) is 15.9 Å². The van der Waals surface area contributed by atoms with Crippen LogP contribution in [0, 0.1) is 20.2 Å². The maximum absolute atomic E-state index is 11.3. The number of nitro benzene ring substituents is 2. The van der Waals surface area contributed by atoms with Crippen molar-refractivity contribution >= 4 is 23.1 Å². The third kappa shape index (κ3) is 3.77. The summed E-state index contributed by atoms with van der Waals surface area (Å²) in [6.07, 6.45) is 0.245. The largest absolute Gasteiger partial charge is 0.279 e. The first-order valence-corrected chi connectivity index (χ1v) is 7.77. The number of benzene rings is 2. The van der Waals surface area contributed by atoms with Crippen LogP contribution in [0.4, 0.5) is 11.4 Å². The van der Waals surface area contributed by atoms with Crippen LogP contribution in [0.3, 0.4) is 0 Å². The molecule has 3 rings (SSSR count). The molecule has 3 aromatic rings. The Balaban J connectivity index is 1.95. The Morgan fingerprint density at radius 2 is 1.84 bits per heavy atom. The van der Waals surface area contributed by atoms with Crippen LogP contribution in [0.25, 0.3) is 0 Å². The molecule has 0 atom stereocenters. The molecule has 0 spiro atoms. The van der Waals surface area contributed by atoms with E-state index in [4.69, 9.17) is 0 Å². The Morgan fingerprint density at radius 3 is 2.52 bits per heavy atom. The van der Waals surface area contributed by atoms with E-state index in [1.807, 2.05) is 24.3 Å². The molecule has 0 aliphatic carbocycles. The van der Waals surface area contributed by atoms with Crippen LogP contribution >= 0.6 is 11.8 Å². The lowest BCUT2D eigenvalue weighted by Crippen LogP contribution is -1.99. The lowest BCUT2D eigenvalue weighted by molar-refractivity contribution is -0.394. The van der Waals surface area contributed by atoms with Crippen LogP contribution in [0.15, 0.2) is 52.5 Å². The molecule has 11 heteroatoms. The molecular weight excluding hydrogens is 348 g/mol. The highest BCUT2D eigenvalue weighted by atomic mass is 32.2. The molecule has 0 saturated carbocycles. The first-order valence-electron chi connectivity index (χ1n) is 6.95. The summed E-state index contributed by atoms with van der Waals surface area (Å²) in [5, 5.41) is 36.1. The second kappa shape index (κ2) is 7.05. The second-order valence-corrected chi connectivity index (χ2v) is 5.92.